The van der Waals surface area contributed by atoms with Crippen LogP contribution in [0, 0.1) is 26.7 Å². The van der Waals surface area contributed by atoms with Gasteiger partial charge in [-0.05, 0) is 69.1 Å². The van der Waals surface area contributed by atoms with Gasteiger partial charge in [-0.1, -0.05) is 71.6 Å². The first kappa shape index (κ1) is 25.7. The van der Waals surface area contributed by atoms with E-state index < -0.39 is 0 Å². The van der Waals surface area contributed by atoms with Gasteiger partial charge in [-0.25, -0.2) is 0 Å². The summed E-state index contributed by atoms with van der Waals surface area (Å²) < 4.78 is 12.2. The fourth-order valence-electron chi connectivity index (χ4n) is 4.85. The third-order valence-electron chi connectivity index (χ3n) is 6.92. The van der Waals surface area contributed by atoms with Gasteiger partial charge in [-0.3, -0.25) is 4.79 Å². The van der Waals surface area contributed by atoms with Crippen molar-refractivity contribution in [3.8, 4) is 11.5 Å². The van der Waals surface area contributed by atoms with Crippen LogP contribution in [0.5, 0.6) is 11.5 Å². The molecule has 0 N–H and O–H groups in total. The van der Waals surface area contributed by atoms with Crippen molar-refractivity contribution in [2.75, 3.05) is 6.61 Å². The van der Waals surface area contributed by atoms with Crippen molar-refractivity contribution in [2.24, 2.45) is 5.92 Å². The Kier molecular flexibility index (Phi) is 11.5. The number of hydrogen-bond donors (Lipinski definition) is 0. The Morgan fingerprint density at radius 1 is 0.903 bits per heavy atom. The molecular formula is C28H46O3. The molecule has 0 saturated heterocycles. The molecule has 0 amide bonds. The number of fused-ring (bicyclic) bond motifs is 1. The van der Waals surface area contributed by atoms with Gasteiger partial charge in [0.2, 0.25) is 0 Å². The predicted molar refractivity (Wildman–Crippen MR) is 131 cm³/mol. The standard InChI is InChI=1S/C28H46O3/c1-21(2)15-13-11-9-7-6-8-10-12-14-16-25-17-18-26-24(5)27(30-20-19-29)22(3)23(4)28(26)31-25/h19,21,25H,6-18,20H2,1-5H3. The molecular weight excluding hydrogens is 384 g/mol. The average molecular weight is 431 g/mol. The molecule has 1 heterocycles. The van der Waals surface area contributed by atoms with Crippen LogP contribution < -0.4 is 9.47 Å². The maximum atomic E-state index is 10.7. The van der Waals surface area contributed by atoms with Gasteiger partial charge in [0.25, 0.3) is 0 Å². The Bertz CT molecular complexity index is 678. The molecule has 0 bridgehead atoms. The van der Waals surface area contributed by atoms with Crippen LogP contribution >= 0.6 is 0 Å². The molecule has 1 aliphatic rings. The highest BCUT2D eigenvalue weighted by Crippen LogP contribution is 2.42. The highest BCUT2D eigenvalue weighted by atomic mass is 16.5. The Labute approximate surface area is 191 Å². The lowest BCUT2D eigenvalue weighted by Crippen LogP contribution is -2.24. The van der Waals surface area contributed by atoms with E-state index in [9.17, 15) is 4.79 Å². The smallest absolute Gasteiger partial charge is 0.157 e. The molecule has 1 aliphatic heterocycles. The Balaban J connectivity index is 1.67. The number of carbonyl (C=O) groups excluding carboxylic acids is 1. The van der Waals surface area contributed by atoms with Gasteiger partial charge in [-0.15, -0.1) is 0 Å². The average Bonchev–Trinajstić information content (AvgIpc) is 2.75. The molecule has 0 saturated carbocycles. The fourth-order valence-corrected chi connectivity index (χ4v) is 4.85. The minimum Gasteiger partial charge on any atom is -0.490 e. The van der Waals surface area contributed by atoms with Crippen molar-refractivity contribution in [1.82, 2.24) is 0 Å². The van der Waals surface area contributed by atoms with Crippen LogP contribution in [-0.4, -0.2) is 19.0 Å². The van der Waals surface area contributed by atoms with Gasteiger partial charge in [-0.2, -0.15) is 0 Å². The van der Waals surface area contributed by atoms with Crippen LogP contribution in [0.2, 0.25) is 0 Å². The summed E-state index contributed by atoms with van der Waals surface area (Å²) in [7, 11) is 0. The van der Waals surface area contributed by atoms with E-state index >= 15 is 0 Å². The molecule has 3 nitrogen and oxygen atoms in total. The van der Waals surface area contributed by atoms with Crippen molar-refractivity contribution in [3.05, 3.63) is 22.3 Å². The fraction of sp³-hybridized carbons (Fsp3) is 0.750. The highest BCUT2D eigenvalue weighted by Gasteiger charge is 2.26. The lowest BCUT2D eigenvalue weighted by Gasteiger charge is -2.30. The number of carbonyl (C=O) groups is 1. The van der Waals surface area contributed by atoms with Crippen LogP contribution in [0.25, 0.3) is 0 Å². The molecule has 3 heteroatoms. The Hall–Kier alpha value is -1.51. The quantitative estimate of drug-likeness (QED) is 0.210. The van der Waals surface area contributed by atoms with E-state index in [4.69, 9.17) is 9.47 Å². The van der Waals surface area contributed by atoms with Crippen molar-refractivity contribution in [2.45, 2.75) is 124 Å². The number of hydrogen-bond acceptors (Lipinski definition) is 3. The summed E-state index contributed by atoms with van der Waals surface area (Å²) >= 11 is 0. The summed E-state index contributed by atoms with van der Waals surface area (Å²) in [6, 6.07) is 0. The second-order valence-corrected chi connectivity index (χ2v) is 9.92. The van der Waals surface area contributed by atoms with E-state index in [1.807, 2.05) is 0 Å². The summed E-state index contributed by atoms with van der Waals surface area (Å²) in [5.41, 5.74) is 4.68. The molecule has 0 aromatic heterocycles. The van der Waals surface area contributed by atoms with Crippen LogP contribution in [0.3, 0.4) is 0 Å². The number of benzene rings is 1. The minimum atomic E-state index is 0.113. The Morgan fingerprint density at radius 3 is 2.13 bits per heavy atom. The van der Waals surface area contributed by atoms with Crippen molar-refractivity contribution < 1.29 is 14.3 Å². The van der Waals surface area contributed by atoms with Crippen molar-refractivity contribution in [3.63, 3.8) is 0 Å². The van der Waals surface area contributed by atoms with Crippen LogP contribution in [-0.2, 0) is 11.2 Å². The second kappa shape index (κ2) is 13.8. The largest absolute Gasteiger partial charge is 0.490 e. The van der Waals surface area contributed by atoms with E-state index in [-0.39, 0.29) is 6.61 Å². The van der Waals surface area contributed by atoms with Crippen LogP contribution in [0.15, 0.2) is 0 Å². The summed E-state index contributed by atoms with van der Waals surface area (Å²) in [4.78, 5) is 10.7. The van der Waals surface area contributed by atoms with E-state index in [0.29, 0.717) is 6.10 Å². The van der Waals surface area contributed by atoms with Gasteiger partial charge in [0.15, 0.2) is 6.29 Å². The van der Waals surface area contributed by atoms with E-state index in [0.717, 1.165) is 54.1 Å². The van der Waals surface area contributed by atoms with Gasteiger partial charge in [0.05, 0.1) is 6.10 Å². The van der Waals surface area contributed by atoms with Gasteiger partial charge >= 0.3 is 0 Å². The first-order valence-corrected chi connectivity index (χ1v) is 12.8. The molecule has 1 unspecified atom stereocenters. The molecule has 31 heavy (non-hydrogen) atoms. The van der Waals surface area contributed by atoms with E-state index in [1.54, 1.807) is 0 Å². The first-order chi connectivity index (χ1) is 15.0. The minimum absolute atomic E-state index is 0.113. The van der Waals surface area contributed by atoms with E-state index in [2.05, 4.69) is 34.6 Å². The predicted octanol–water partition coefficient (Wildman–Crippen LogP) is 7.83. The first-order valence-electron chi connectivity index (χ1n) is 12.8. The monoisotopic (exact) mass is 430 g/mol. The van der Waals surface area contributed by atoms with Crippen LogP contribution in [0.4, 0.5) is 0 Å². The molecule has 0 spiro atoms. The molecule has 1 atom stereocenters. The molecule has 0 radical (unpaired) electrons. The molecule has 1 aromatic carbocycles. The van der Waals surface area contributed by atoms with Gasteiger partial charge < -0.3 is 9.47 Å². The lowest BCUT2D eigenvalue weighted by molar-refractivity contribution is -0.109. The lowest BCUT2D eigenvalue weighted by atomic mass is 9.90. The van der Waals surface area contributed by atoms with E-state index in [1.165, 1.54) is 75.3 Å². The zero-order valence-electron chi connectivity index (χ0n) is 20.9. The zero-order valence-corrected chi connectivity index (χ0v) is 20.9. The van der Waals surface area contributed by atoms with Crippen molar-refractivity contribution >= 4 is 6.29 Å². The third kappa shape index (κ3) is 8.16. The summed E-state index contributed by atoms with van der Waals surface area (Å²) in [6.45, 7) is 11.0. The van der Waals surface area contributed by atoms with Crippen molar-refractivity contribution in [1.29, 1.82) is 0 Å². The molecule has 0 aliphatic carbocycles. The zero-order chi connectivity index (χ0) is 22.6. The molecule has 1 aromatic rings. The number of ether oxygens (including phenoxy) is 2. The Morgan fingerprint density at radius 2 is 1.52 bits per heavy atom. The maximum Gasteiger partial charge on any atom is 0.157 e. The number of unbranched alkanes of at least 4 members (excludes halogenated alkanes) is 8. The van der Waals surface area contributed by atoms with Gasteiger partial charge in [0.1, 0.15) is 18.1 Å². The molecule has 2 rings (SSSR count). The maximum absolute atomic E-state index is 10.7. The van der Waals surface area contributed by atoms with Gasteiger partial charge in [0, 0.05) is 5.56 Å². The summed E-state index contributed by atoms with van der Waals surface area (Å²) in [6.07, 6.45) is 18.3. The second-order valence-electron chi connectivity index (χ2n) is 9.92. The number of aldehydes is 1. The molecule has 176 valence electrons. The number of rotatable bonds is 15. The highest BCUT2D eigenvalue weighted by molar-refractivity contribution is 5.60. The molecule has 0 fully saturated rings. The topological polar surface area (TPSA) is 35.5 Å². The SMILES string of the molecule is Cc1c(C)c2c(c(C)c1OCC=O)CCC(CCCCCCCCCCCC(C)C)O2. The third-order valence-corrected chi connectivity index (χ3v) is 6.92. The normalized spacial score (nSPS) is 15.6. The summed E-state index contributed by atoms with van der Waals surface area (Å²) in [5.74, 6) is 2.80. The summed E-state index contributed by atoms with van der Waals surface area (Å²) in [5, 5.41) is 0. The van der Waals surface area contributed by atoms with Crippen LogP contribution in [0.1, 0.15) is 113 Å².